The van der Waals surface area contributed by atoms with Crippen LogP contribution in [0.1, 0.15) is 25.0 Å². The van der Waals surface area contributed by atoms with E-state index in [1.165, 1.54) is 0 Å². The Morgan fingerprint density at radius 3 is 2.67 bits per heavy atom. The van der Waals surface area contributed by atoms with Gasteiger partial charge in [-0.3, -0.25) is 0 Å². The number of carbonyl (C=O) groups is 1. The van der Waals surface area contributed by atoms with E-state index in [-0.39, 0.29) is 5.57 Å². The zero-order valence-corrected chi connectivity index (χ0v) is 10.7. The van der Waals surface area contributed by atoms with Crippen LogP contribution < -0.4 is 4.74 Å². The van der Waals surface area contributed by atoms with Gasteiger partial charge in [-0.05, 0) is 38.0 Å². The van der Waals surface area contributed by atoms with E-state index in [1.54, 1.807) is 19.1 Å². The van der Waals surface area contributed by atoms with Crippen LogP contribution in [0.5, 0.6) is 5.75 Å². The second-order valence-electron chi connectivity index (χ2n) is 3.85. The third-order valence-electron chi connectivity index (χ3n) is 2.54. The number of ether oxygens (including phenoxy) is 1. The molecule has 0 saturated carbocycles. The molecule has 0 heterocycles. The van der Waals surface area contributed by atoms with Crippen molar-refractivity contribution in [3.63, 3.8) is 0 Å². The van der Waals surface area contributed by atoms with Gasteiger partial charge in [-0.25, -0.2) is 4.79 Å². The third-order valence-corrected chi connectivity index (χ3v) is 2.54. The van der Waals surface area contributed by atoms with Gasteiger partial charge in [-0.2, -0.15) is 5.26 Å². The molecule has 1 aromatic rings. The van der Waals surface area contributed by atoms with Gasteiger partial charge in [0.15, 0.2) is 0 Å². The van der Waals surface area contributed by atoms with E-state index in [1.807, 2.05) is 26.0 Å². The Morgan fingerprint density at radius 1 is 1.50 bits per heavy atom. The van der Waals surface area contributed by atoms with Crippen molar-refractivity contribution in [2.75, 3.05) is 6.61 Å². The molecule has 1 N–H and O–H groups in total. The molecule has 0 aliphatic rings. The van der Waals surface area contributed by atoms with Crippen LogP contribution in [0.3, 0.4) is 0 Å². The summed E-state index contributed by atoms with van der Waals surface area (Å²) in [4.78, 5) is 11.0. The highest BCUT2D eigenvalue weighted by atomic mass is 16.5. The predicted octanol–water partition coefficient (Wildman–Crippen LogP) is 2.78. The van der Waals surface area contributed by atoms with Crippen LogP contribution in [0, 0.1) is 18.3 Å². The molecular formula is C14H15NO3. The van der Waals surface area contributed by atoms with Crippen LogP contribution in [0.15, 0.2) is 23.8 Å². The Kier molecular flexibility index (Phi) is 4.50. The Labute approximate surface area is 106 Å². The third kappa shape index (κ3) is 2.89. The highest BCUT2D eigenvalue weighted by Gasteiger charge is 2.15. The van der Waals surface area contributed by atoms with E-state index < -0.39 is 5.97 Å². The van der Waals surface area contributed by atoms with Crippen LogP contribution in [-0.2, 0) is 4.79 Å². The summed E-state index contributed by atoms with van der Waals surface area (Å²) in [6.07, 6.45) is 0. The predicted molar refractivity (Wildman–Crippen MR) is 68.2 cm³/mol. The van der Waals surface area contributed by atoms with Crippen molar-refractivity contribution in [2.24, 2.45) is 0 Å². The second kappa shape index (κ2) is 5.87. The van der Waals surface area contributed by atoms with Gasteiger partial charge in [0, 0.05) is 5.56 Å². The number of carboxylic acids is 1. The standard InChI is InChI=1S/C14H15NO3/c1-4-18-13-7-9(2)5-6-11(13)10(3)12(8-15)14(16)17/h5-7H,4H2,1-3H3,(H,16,17). The Morgan fingerprint density at radius 2 is 2.17 bits per heavy atom. The maximum Gasteiger partial charge on any atom is 0.346 e. The summed E-state index contributed by atoms with van der Waals surface area (Å²) in [5.41, 5.74) is 1.80. The lowest BCUT2D eigenvalue weighted by Gasteiger charge is -2.12. The average molecular weight is 245 g/mol. The number of benzene rings is 1. The second-order valence-corrected chi connectivity index (χ2v) is 3.85. The Bertz CT molecular complexity index is 538. The summed E-state index contributed by atoms with van der Waals surface area (Å²) in [6.45, 7) is 5.87. The Hall–Kier alpha value is -2.28. The van der Waals surface area contributed by atoms with Crippen molar-refractivity contribution in [1.29, 1.82) is 5.26 Å². The molecular weight excluding hydrogens is 230 g/mol. The maximum absolute atomic E-state index is 11.0. The van der Waals surface area contributed by atoms with E-state index in [0.29, 0.717) is 23.5 Å². The first-order valence-electron chi connectivity index (χ1n) is 5.59. The number of nitrogens with zero attached hydrogens (tertiary/aromatic N) is 1. The molecule has 1 aromatic carbocycles. The molecule has 0 aliphatic carbocycles. The smallest absolute Gasteiger partial charge is 0.346 e. The summed E-state index contributed by atoms with van der Waals surface area (Å²) < 4.78 is 5.48. The zero-order chi connectivity index (χ0) is 13.7. The zero-order valence-electron chi connectivity index (χ0n) is 10.7. The highest BCUT2D eigenvalue weighted by molar-refractivity contribution is 6.00. The molecule has 0 bridgehead atoms. The SMILES string of the molecule is CCOc1cc(C)ccc1C(C)=C(C#N)C(=O)O. The molecule has 4 nitrogen and oxygen atoms in total. The van der Waals surface area contributed by atoms with Gasteiger partial charge in [0.2, 0.25) is 0 Å². The molecule has 1 rings (SSSR count). The van der Waals surface area contributed by atoms with Gasteiger partial charge < -0.3 is 9.84 Å². The van der Waals surface area contributed by atoms with Gasteiger partial charge in [0.05, 0.1) is 6.61 Å². The van der Waals surface area contributed by atoms with Gasteiger partial charge in [0.25, 0.3) is 0 Å². The first kappa shape index (κ1) is 13.8. The highest BCUT2D eigenvalue weighted by Crippen LogP contribution is 2.29. The van der Waals surface area contributed by atoms with E-state index in [4.69, 9.17) is 15.1 Å². The minimum atomic E-state index is -1.22. The molecule has 0 atom stereocenters. The fourth-order valence-corrected chi connectivity index (χ4v) is 1.64. The minimum Gasteiger partial charge on any atom is -0.493 e. The number of hydrogen-bond acceptors (Lipinski definition) is 3. The lowest BCUT2D eigenvalue weighted by atomic mass is 10.00. The Balaban J connectivity index is 3.41. The van der Waals surface area contributed by atoms with Crippen LogP contribution in [0.2, 0.25) is 0 Å². The molecule has 0 radical (unpaired) electrons. The van der Waals surface area contributed by atoms with Crippen LogP contribution >= 0.6 is 0 Å². The number of carboxylic acid groups (broad SMARTS) is 1. The summed E-state index contributed by atoms with van der Waals surface area (Å²) in [6, 6.07) is 7.17. The van der Waals surface area contributed by atoms with E-state index >= 15 is 0 Å². The van der Waals surface area contributed by atoms with Crippen molar-refractivity contribution in [2.45, 2.75) is 20.8 Å². The summed E-state index contributed by atoms with van der Waals surface area (Å²) >= 11 is 0. The summed E-state index contributed by atoms with van der Waals surface area (Å²) in [7, 11) is 0. The lowest BCUT2D eigenvalue weighted by molar-refractivity contribution is -0.132. The largest absolute Gasteiger partial charge is 0.493 e. The molecule has 18 heavy (non-hydrogen) atoms. The summed E-state index contributed by atoms with van der Waals surface area (Å²) in [5, 5.41) is 17.8. The molecule has 94 valence electrons. The number of aliphatic carboxylic acids is 1. The normalized spacial score (nSPS) is 11.4. The number of hydrogen-bond donors (Lipinski definition) is 1. The lowest BCUT2D eigenvalue weighted by Crippen LogP contribution is -2.03. The van der Waals surface area contributed by atoms with Crippen molar-refractivity contribution in [3.05, 3.63) is 34.9 Å². The van der Waals surface area contributed by atoms with Crippen molar-refractivity contribution in [3.8, 4) is 11.8 Å². The molecule has 4 heteroatoms. The van der Waals surface area contributed by atoms with Crippen LogP contribution in [-0.4, -0.2) is 17.7 Å². The fraction of sp³-hybridized carbons (Fsp3) is 0.286. The maximum atomic E-state index is 11.0. The first-order chi connectivity index (χ1) is 8.51. The molecule has 0 aliphatic heterocycles. The molecule has 0 fully saturated rings. The number of aryl methyl sites for hydroxylation is 1. The fourth-order valence-electron chi connectivity index (χ4n) is 1.64. The van der Waals surface area contributed by atoms with E-state index in [0.717, 1.165) is 5.56 Å². The summed E-state index contributed by atoms with van der Waals surface area (Å²) in [5.74, 6) is -0.623. The quantitative estimate of drug-likeness (QED) is 0.654. The van der Waals surface area contributed by atoms with Crippen molar-refractivity contribution < 1.29 is 14.6 Å². The van der Waals surface area contributed by atoms with Crippen LogP contribution in [0.4, 0.5) is 0 Å². The van der Waals surface area contributed by atoms with Crippen LogP contribution in [0.25, 0.3) is 5.57 Å². The molecule has 0 amide bonds. The minimum absolute atomic E-state index is 0.264. The molecule has 0 unspecified atom stereocenters. The van der Waals surface area contributed by atoms with Crippen molar-refractivity contribution >= 4 is 11.5 Å². The van der Waals surface area contributed by atoms with Gasteiger partial charge in [-0.15, -0.1) is 0 Å². The van der Waals surface area contributed by atoms with E-state index in [2.05, 4.69) is 0 Å². The molecule has 0 saturated heterocycles. The number of nitriles is 1. The molecule has 0 spiro atoms. The van der Waals surface area contributed by atoms with Gasteiger partial charge >= 0.3 is 5.97 Å². The van der Waals surface area contributed by atoms with Gasteiger partial charge in [-0.1, -0.05) is 12.1 Å². The monoisotopic (exact) mass is 245 g/mol. The number of rotatable bonds is 4. The van der Waals surface area contributed by atoms with E-state index in [9.17, 15) is 4.79 Å². The van der Waals surface area contributed by atoms with Crippen molar-refractivity contribution in [1.82, 2.24) is 0 Å². The van der Waals surface area contributed by atoms with Gasteiger partial charge in [0.1, 0.15) is 17.4 Å². The average Bonchev–Trinajstić information content (AvgIpc) is 2.29. The number of allylic oxidation sites excluding steroid dienone is 1. The first-order valence-corrected chi connectivity index (χ1v) is 5.59. The molecule has 0 aromatic heterocycles. The topological polar surface area (TPSA) is 70.3 Å².